The average molecular weight is 573 g/mol. The van der Waals surface area contributed by atoms with E-state index in [-0.39, 0.29) is 0 Å². The first kappa shape index (κ1) is 24.3. The fourth-order valence-corrected chi connectivity index (χ4v) is 7.26. The number of rotatable bonds is 3. The molecule has 10 aromatic rings. The maximum Gasteiger partial charge on any atom is 0.238 e. The van der Waals surface area contributed by atoms with Crippen molar-refractivity contribution in [2.24, 2.45) is 0 Å². The van der Waals surface area contributed by atoms with Crippen LogP contribution in [-0.4, -0.2) is 19.5 Å². The zero-order valence-corrected chi connectivity index (χ0v) is 24.1. The van der Waals surface area contributed by atoms with E-state index in [1.807, 2.05) is 18.2 Å². The zero-order chi connectivity index (χ0) is 29.5. The lowest BCUT2D eigenvalue weighted by Gasteiger charge is -2.12. The number of fused-ring (bicyclic) bond motifs is 6. The van der Waals surface area contributed by atoms with E-state index in [2.05, 4.69) is 132 Å². The van der Waals surface area contributed by atoms with Crippen molar-refractivity contribution in [3.05, 3.63) is 146 Å². The fourth-order valence-electron chi connectivity index (χ4n) is 7.26. The van der Waals surface area contributed by atoms with Crippen molar-refractivity contribution >= 4 is 64.9 Å². The van der Waals surface area contributed by atoms with Crippen LogP contribution in [0.3, 0.4) is 0 Å². The number of aromatic nitrogens is 4. The Morgan fingerprint density at radius 2 is 0.933 bits per heavy atom. The molecule has 0 saturated carbocycles. The Balaban J connectivity index is 1.36. The summed E-state index contributed by atoms with van der Waals surface area (Å²) in [5.74, 6) is 1.91. The van der Waals surface area contributed by atoms with Crippen LogP contribution in [0.15, 0.2) is 146 Å². The molecule has 45 heavy (non-hydrogen) atoms. The standard InChI is InChI=1S/C41H24N4/c1-2-13-27(14-3-1)39-42-40(32-19-8-15-25-11-4-6-16-28(25)32)44-41(43-39)45-34-21-9-18-30-31-24-23-26-12-5-7-17-29(26)36(31)33-20-10-22-35(45)38(33)37(30)34/h1-24H. The quantitative estimate of drug-likeness (QED) is 0.198. The average Bonchev–Trinajstić information content (AvgIpc) is 3.46. The lowest BCUT2D eigenvalue weighted by atomic mass is 9.91. The highest BCUT2D eigenvalue weighted by molar-refractivity contribution is 6.37. The summed E-state index contributed by atoms with van der Waals surface area (Å²) in [5, 5.41) is 12.3. The molecule has 2 heterocycles. The minimum Gasteiger partial charge on any atom is -0.278 e. The molecule has 0 radical (unpaired) electrons. The molecule has 0 aliphatic rings. The highest BCUT2D eigenvalue weighted by Crippen LogP contribution is 2.45. The summed E-state index contributed by atoms with van der Waals surface area (Å²) in [6, 6.07) is 51.3. The SMILES string of the molecule is c1ccc(-c2nc(-c3cccc4ccccc34)nc(-n3c4cccc5c6ccc7ccccc7c6c6cccc3c6c54)n2)cc1. The fraction of sp³-hybridized carbons (Fsp3) is 0. The second-order valence-electron chi connectivity index (χ2n) is 11.6. The van der Waals surface area contributed by atoms with Crippen LogP contribution < -0.4 is 0 Å². The Kier molecular flexibility index (Phi) is 4.96. The third kappa shape index (κ3) is 3.45. The Bertz CT molecular complexity index is 2750. The summed E-state index contributed by atoms with van der Waals surface area (Å²) in [6.45, 7) is 0. The predicted octanol–water partition coefficient (Wildman–Crippen LogP) is 10.4. The first-order valence-electron chi connectivity index (χ1n) is 15.2. The van der Waals surface area contributed by atoms with Gasteiger partial charge in [-0.2, -0.15) is 9.97 Å². The van der Waals surface area contributed by atoms with Gasteiger partial charge in [-0.1, -0.05) is 133 Å². The van der Waals surface area contributed by atoms with Crippen LogP contribution in [0.4, 0.5) is 0 Å². The van der Waals surface area contributed by atoms with Gasteiger partial charge >= 0.3 is 0 Å². The minimum absolute atomic E-state index is 0.608. The molecule has 208 valence electrons. The molecule has 0 amide bonds. The van der Waals surface area contributed by atoms with Crippen LogP contribution in [0, 0.1) is 0 Å². The molecule has 0 N–H and O–H groups in total. The van der Waals surface area contributed by atoms with Gasteiger partial charge in [-0.3, -0.25) is 4.57 Å². The molecule has 0 atom stereocenters. The summed E-state index contributed by atoms with van der Waals surface area (Å²) in [7, 11) is 0. The smallest absolute Gasteiger partial charge is 0.238 e. The van der Waals surface area contributed by atoms with Gasteiger partial charge in [0.25, 0.3) is 0 Å². The van der Waals surface area contributed by atoms with Crippen LogP contribution in [0.2, 0.25) is 0 Å². The van der Waals surface area contributed by atoms with Gasteiger partial charge < -0.3 is 0 Å². The van der Waals surface area contributed by atoms with E-state index in [4.69, 9.17) is 15.0 Å². The first-order chi connectivity index (χ1) is 22.3. The largest absolute Gasteiger partial charge is 0.278 e. The molecule has 2 aromatic heterocycles. The van der Waals surface area contributed by atoms with Crippen molar-refractivity contribution in [2.45, 2.75) is 0 Å². The van der Waals surface area contributed by atoms with Crippen molar-refractivity contribution in [3.8, 4) is 28.7 Å². The Labute approximate surface area is 258 Å². The van der Waals surface area contributed by atoms with E-state index in [0.29, 0.717) is 17.6 Å². The summed E-state index contributed by atoms with van der Waals surface area (Å²) in [6.07, 6.45) is 0. The maximum absolute atomic E-state index is 5.24. The number of hydrogen-bond acceptors (Lipinski definition) is 3. The molecular weight excluding hydrogens is 548 g/mol. The van der Waals surface area contributed by atoms with E-state index in [0.717, 1.165) is 32.9 Å². The molecule has 0 aliphatic heterocycles. The highest BCUT2D eigenvalue weighted by atomic mass is 15.2. The first-order valence-corrected chi connectivity index (χ1v) is 15.2. The van der Waals surface area contributed by atoms with Gasteiger partial charge in [-0.05, 0) is 55.2 Å². The van der Waals surface area contributed by atoms with Gasteiger partial charge in [0.2, 0.25) is 5.95 Å². The maximum atomic E-state index is 5.24. The monoisotopic (exact) mass is 572 g/mol. The third-order valence-electron chi connectivity index (χ3n) is 9.19. The highest BCUT2D eigenvalue weighted by Gasteiger charge is 2.23. The lowest BCUT2D eigenvalue weighted by Crippen LogP contribution is -2.06. The summed E-state index contributed by atoms with van der Waals surface area (Å²) >= 11 is 0. The summed E-state index contributed by atoms with van der Waals surface area (Å²) in [4.78, 5) is 15.5. The van der Waals surface area contributed by atoms with Crippen molar-refractivity contribution in [2.75, 3.05) is 0 Å². The van der Waals surface area contributed by atoms with Gasteiger partial charge in [-0.25, -0.2) is 4.98 Å². The van der Waals surface area contributed by atoms with E-state index >= 15 is 0 Å². The van der Waals surface area contributed by atoms with Crippen LogP contribution in [0.1, 0.15) is 0 Å². The van der Waals surface area contributed by atoms with Gasteiger partial charge in [0.15, 0.2) is 11.6 Å². The van der Waals surface area contributed by atoms with Crippen molar-refractivity contribution in [3.63, 3.8) is 0 Å². The van der Waals surface area contributed by atoms with E-state index in [9.17, 15) is 0 Å². The molecule has 0 saturated heterocycles. The molecule has 0 fully saturated rings. The molecule has 0 unspecified atom stereocenters. The Hall–Kier alpha value is -6.13. The molecule has 0 spiro atoms. The molecule has 8 aromatic carbocycles. The molecular formula is C41H24N4. The zero-order valence-electron chi connectivity index (χ0n) is 24.1. The number of nitrogens with zero attached hydrogens (tertiary/aromatic N) is 4. The molecule has 4 nitrogen and oxygen atoms in total. The van der Waals surface area contributed by atoms with Crippen LogP contribution >= 0.6 is 0 Å². The van der Waals surface area contributed by atoms with Crippen molar-refractivity contribution in [1.29, 1.82) is 0 Å². The van der Waals surface area contributed by atoms with Crippen molar-refractivity contribution in [1.82, 2.24) is 19.5 Å². The van der Waals surface area contributed by atoms with Crippen LogP contribution in [0.25, 0.3) is 93.6 Å². The van der Waals surface area contributed by atoms with Gasteiger partial charge in [-0.15, -0.1) is 0 Å². The van der Waals surface area contributed by atoms with E-state index in [1.165, 1.54) is 43.1 Å². The third-order valence-corrected chi connectivity index (χ3v) is 9.19. The molecule has 0 aliphatic carbocycles. The summed E-state index contributed by atoms with van der Waals surface area (Å²) in [5.41, 5.74) is 4.11. The second kappa shape index (κ2) is 9.18. The van der Waals surface area contributed by atoms with E-state index < -0.39 is 0 Å². The number of hydrogen-bond donors (Lipinski definition) is 0. The normalized spacial score (nSPS) is 12.0. The second-order valence-corrected chi connectivity index (χ2v) is 11.6. The Morgan fingerprint density at radius 1 is 0.356 bits per heavy atom. The minimum atomic E-state index is 0.608. The molecule has 10 rings (SSSR count). The summed E-state index contributed by atoms with van der Waals surface area (Å²) < 4.78 is 2.23. The number of benzene rings is 8. The topological polar surface area (TPSA) is 43.6 Å². The van der Waals surface area contributed by atoms with Gasteiger partial charge in [0.1, 0.15) is 0 Å². The van der Waals surface area contributed by atoms with Crippen LogP contribution in [-0.2, 0) is 0 Å². The van der Waals surface area contributed by atoms with Crippen LogP contribution in [0.5, 0.6) is 0 Å². The molecule has 0 bridgehead atoms. The van der Waals surface area contributed by atoms with Gasteiger partial charge in [0, 0.05) is 21.9 Å². The van der Waals surface area contributed by atoms with Gasteiger partial charge in [0.05, 0.1) is 11.0 Å². The van der Waals surface area contributed by atoms with E-state index in [1.54, 1.807) is 0 Å². The Morgan fingerprint density at radius 3 is 1.76 bits per heavy atom. The predicted molar refractivity (Wildman–Crippen MR) is 186 cm³/mol. The molecule has 4 heteroatoms. The van der Waals surface area contributed by atoms with Crippen molar-refractivity contribution < 1.29 is 0 Å². The lowest BCUT2D eigenvalue weighted by molar-refractivity contribution is 0.954.